The topological polar surface area (TPSA) is 113 Å². The molecular weight excluding hydrogens is 452 g/mol. The van der Waals surface area contributed by atoms with E-state index in [9.17, 15) is 14.9 Å². The van der Waals surface area contributed by atoms with E-state index in [1.807, 2.05) is 61.5 Å². The highest BCUT2D eigenvalue weighted by Crippen LogP contribution is 2.34. The number of aromatic amines is 1. The minimum Gasteiger partial charge on any atom is -0.497 e. The molecule has 170 valence electrons. The van der Waals surface area contributed by atoms with Crippen molar-refractivity contribution in [2.24, 2.45) is 7.05 Å². The van der Waals surface area contributed by atoms with Crippen LogP contribution in [0.3, 0.4) is 0 Å². The molecule has 2 heterocycles. The molecule has 0 saturated heterocycles. The fraction of sp³-hybridized carbons (Fsp3) is 0.160. The van der Waals surface area contributed by atoms with Crippen molar-refractivity contribution in [3.63, 3.8) is 0 Å². The van der Waals surface area contributed by atoms with E-state index in [1.165, 1.54) is 11.7 Å². The zero-order valence-corrected chi connectivity index (χ0v) is 19.6. The van der Waals surface area contributed by atoms with Crippen LogP contribution in [0.2, 0.25) is 0 Å². The zero-order valence-electron chi connectivity index (χ0n) is 18.8. The molecule has 1 N–H and O–H groups in total. The van der Waals surface area contributed by atoms with Crippen molar-refractivity contribution < 1.29 is 18.7 Å². The minimum absolute atomic E-state index is 0.0858. The normalized spacial score (nSPS) is 10.6. The minimum atomic E-state index is -0.742. The summed E-state index contributed by atoms with van der Waals surface area (Å²) in [5, 5.41) is 12.7. The molecule has 0 spiro atoms. The SMILES string of the molecule is COc1ccc(-c2cc(-c3ccc(C)cc3)c(C#N)c(SCC(=O)c3c(=O)o[nH][n+]3C)n2)cc1. The predicted molar refractivity (Wildman–Crippen MR) is 127 cm³/mol. The first-order chi connectivity index (χ1) is 16.4. The van der Waals surface area contributed by atoms with Crippen LogP contribution in [0.4, 0.5) is 0 Å². The lowest BCUT2D eigenvalue weighted by Gasteiger charge is -2.13. The van der Waals surface area contributed by atoms with Gasteiger partial charge in [0.15, 0.2) is 7.05 Å². The number of Topliss-reactive ketones (excluding diaryl/α,β-unsaturated/α-hetero) is 1. The van der Waals surface area contributed by atoms with E-state index >= 15 is 0 Å². The maximum atomic E-state index is 12.7. The number of ketones is 1. The summed E-state index contributed by atoms with van der Waals surface area (Å²) in [5.74, 6) is 0.201. The molecule has 34 heavy (non-hydrogen) atoms. The number of aryl methyl sites for hydroxylation is 2. The predicted octanol–water partition coefficient (Wildman–Crippen LogP) is 3.69. The molecule has 4 rings (SSSR count). The van der Waals surface area contributed by atoms with Gasteiger partial charge in [0.05, 0.1) is 24.1 Å². The van der Waals surface area contributed by atoms with Gasteiger partial charge in [-0.25, -0.2) is 9.78 Å². The molecule has 0 fully saturated rings. The van der Waals surface area contributed by atoms with Gasteiger partial charge in [-0.15, -0.1) is 0 Å². The lowest BCUT2D eigenvalue weighted by molar-refractivity contribution is -0.741. The number of nitrogens with one attached hydrogen (secondary N) is 1. The number of methoxy groups -OCH3 is 1. The van der Waals surface area contributed by atoms with E-state index in [1.54, 1.807) is 7.11 Å². The van der Waals surface area contributed by atoms with Gasteiger partial charge in [-0.1, -0.05) is 46.3 Å². The van der Waals surface area contributed by atoms with Crippen molar-refractivity contribution in [3.8, 4) is 34.2 Å². The molecule has 4 aromatic rings. The second-order valence-electron chi connectivity index (χ2n) is 7.54. The number of aromatic nitrogens is 3. The van der Waals surface area contributed by atoms with Crippen LogP contribution in [0.25, 0.3) is 22.4 Å². The summed E-state index contributed by atoms with van der Waals surface area (Å²) in [6, 6.07) is 19.4. The van der Waals surface area contributed by atoms with E-state index in [2.05, 4.69) is 15.9 Å². The number of carbonyl (C=O) groups is 1. The Kier molecular flexibility index (Phi) is 6.61. The fourth-order valence-electron chi connectivity index (χ4n) is 3.45. The smallest absolute Gasteiger partial charge is 0.438 e. The van der Waals surface area contributed by atoms with Crippen molar-refractivity contribution in [1.82, 2.24) is 10.3 Å². The number of ether oxygens (including phenoxy) is 1. The zero-order chi connectivity index (χ0) is 24.2. The van der Waals surface area contributed by atoms with Gasteiger partial charge in [0.2, 0.25) is 5.78 Å². The number of hydrogen-bond acceptors (Lipinski definition) is 7. The van der Waals surface area contributed by atoms with Gasteiger partial charge in [-0.3, -0.25) is 9.32 Å². The Balaban J connectivity index is 1.79. The summed E-state index contributed by atoms with van der Waals surface area (Å²) in [6.45, 7) is 1.99. The van der Waals surface area contributed by atoms with Crippen LogP contribution in [-0.2, 0) is 7.05 Å². The number of carbonyl (C=O) groups excluding carboxylic acids is 1. The van der Waals surface area contributed by atoms with Crippen LogP contribution < -0.4 is 15.0 Å². The van der Waals surface area contributed by atoms with Crippen molar-refractivity contribution in [2.45, 2.75) is 11.9 Å². The van der Waals surface area contributed by atoms with E-state index < -0.39 is 11.4 Å². The largest absolute Gasteiger partial charge is 0.497 e. The molecule has 8 nitrogen and oxygen atoms in total. The Morgan fingerprint density at radius 2 is 1.85 bits per heavy atom. The standard InChI is InChI=1S/C25H20N4O4S/c1-15-4-6-16(7-5-15)19-12-21(17-8-10-18(32-3)11-9-17)27-24(20(19)13-26)34-14-22(30)23-25(31)33-28-29(23)2/h4-12H,14H2,1-3H3/p+1. The highest BCUT2D eigenvalue weighted by molar-refractivity contribution is 8.00. The third-order valence-electron chi connectivity index (χ3n) is 5.25. The number of nitriles is 1. The van der Waals surface area contributed by atoms with Crippen LogP contribution in [0, 0.1) is 18.3 Å². The van der Waals surface area contributed by atoms with E-state index in [0.717, 1.165) is 34.2 Å². The van der Waals surface area contributed by atoms with Gasteiger partial charge in [-0.05, 0) is 48.1 Å². The molecule has 0 saturated carbocycles. The summed E-state index contributed by atoms with van der Waals surface area (Å²) < 4.78 is 11.1. The monoisotopic (exact) mass is 473 g/mol. The molecule has 0 aliphatic heterocycles. The van der Waals surface area contributed by atoms with Crippen LogP contribution in [0.5, 0.6) is 5.75 Å². The number of pyridine rings is 1. The highest BCUT2D eigenvalue weighted by Gasteiger charge is 2.27. The average molecular weight is 474 g/mol. The molecule has 0 unspecified atom stereocenters. The first-order valence-corrected chi connectivity index (χ1v) is 11.3. The molecule has 2 aromatic carbocycles. The lowest BCUT2D eigenvalue weighted by Crippen LogP contribution is -2.39. The van der Waals surface area contributed by atoms with Crippen LogP contribution in [0.15, 0.2) is 68.9 Å². The van der Waals surface area contributed by atoms with E-state index in [0.29, 0.717) is 21.8 Å². The Labute approximate surface area is 199 Å². The first-order valence-electron chi connectivity index (χ1n) is 10.3. The number of hydrogen-bond donors (Lipinski definition) is 1. The second-order valence-corrected chi connectivity index (χ2v) is 8.51. The van der Waals surface area contributed by atoms with Crippen molar-refractivity contribution in [2.75, 3.05) is 12.9 Å². The van der Waals surface area contributed by atoms with E-state index in [-0.39, 0.29) is 11.4 Å². The van der Waals surface area contributed by atoms with Gasteiger partial charge in [0.1, 0.15) is 16.8 Å². The molecule has 0 amide bonds. The Morgan fingerprint density at radius 1 is 1.18 bits per heavy atom. The summed E-state index contributed by atoms with van der Waals surface area (Å²) in [6.07, 6.45) is 0. The third kappa shape index (κ3) is 4.63. The Morgan fingerprint density at radius 3 is 2.44 bits per heavy atom. The molecule has 0 radical (unpaired) electrons. The quantitative estimate of drug-likeness (QED) is 0.247. The second kappa shape index (κ2) is 9.77. The molecule has 0 bridgehead atoms. The van der Waals surface area contributed by atoms with Crippen molar-refractivity contribution >= 4 is 17.5 Å². The number of benzene rings is 2. The van der Waals surface area contributed by atoms with Gasteiger partial charge >= 0.3 is 11.3 Å². The lowest BCUT2D eigenvalue weighted by atomic mass is 9.98. The molecular formula is C25H21N4O4S+. The Hall–Kier alpha value is -4.16. The average Bonchev–Trinajstić information content (AvgIpc) is 3.20. The maximum Gasteiger partial charge on any atom is 0.438 e. The van der Waals surface area contributed by atoms with Gasteiger partial charge < -0.3 is 4.74 Å². The van der Waals surface area contributed by atoms with E-state index in [4.69, 9.17) is 9.72 Å². The number of rotatable bonds is 7. The number of nitrogens with zero attached hydrogens (tertiary/aromatic N) is 3. The number of H-pyrrole nitrogens is 1. The van der Waals surface area contributed by atoms with Gasteiger partial charge in [0, 0.05) is 11.1 Å². The summed E-state index contributed by atoms with van der Waals surface area (Å²) >= 11 is 1.11. The van der Waals surface area contributed by atoms with Crippen molar-refractivity contribution in [1.29, 1.82) is 5.26 Å². The van der Waals surface area contributed by atoms with Crippen LogP contribution >= 0.6 is 11.8 Å². The first kappa shape index (κ1) is 23.0. The molecule has 0 aliphatic carbocycles. The Bertz CT molecular complexity index is 1450. The molecule has 0 aliphatic rings. The fourth-order valence-corrected chi connectivity index (χ4v) is 4.32. The summed E-state index contributed by atoms with van der Waals surface area (Å²) in [4.78, 5) is 29.2. The van der Waals surface area contributed by atoms with Crippen LogP contribution in [-0.4, -0.2) is 28.9 Å². The molecule has 2 aromatic heterocycles. The van der Waals surface area contributed by atoms with Gasteiger partial charge in [-0.2, -0.15) is 5.26 Å². The third-order valence-corrected chi connectivity index (χ3v) is 6.23. The summed E-state index contributed by atoms with van der Waals surface area (Å²) in [7, 11) is 3.11. The van der Waals surface area contributed by atoms with Crippen LogP contribution in [0.1, 0.15) is 21.6 Å². The maximum absolute atomic E-state index is 12.7. The highest BCUT2D eigenvalue weighted by atomic mass is 32.2. The molecule has 9 heteroatoms. The van der Waals surface area contributed by atoms with Crippen molar-refractivity contribution in [3.05, 3.63) is 81.8 Å². The van der Waals surface area contributed by atoms with Gasteiger partial charge in [0.25, 0.3) is 0 Å². The number of thioether (sulfide) groups is 1. The molecule has 0 atom stereocenters. The summed E-state index contributed by atoms with van der Waals surface area (Å²) in [5.41, 5.74) is 3.69.